The number of methoxy groups -OCH3 is 1. The van der Waals surface area contributed by atoms with Crippen molar-refractivity contribution in [2.24, 2.45) is 0 Å². The van der Waals surface area contributed by atoms with Crippen LogP contribution in [0.25, 0.3) is 0 Å². The molecule has 0 spiro atoms. The third-order valence-corrected chi connectivity index (χ3v) is 2.67. The number of aliphatic hydroxyl groups excluding tert-OH is 3. The number of ether oxygens (including phenoxy) is 2. The highest BCUT2D eigenvalue weighted by Crippen LogP contribution is 2.23. The Morgan fingerprint density at radius 2 is 1.95 bits per heavy atom. The van der Waals surface area contributed by atoms with E-state index in [-0.39, 0.29) is 0 Å². The summed E-state index contributed by atoms with van der Waals surface area (Å²) in [6, 6.07) is -1.61. The Bertz CT molecular complexity index is 324. The zero-order valence-electron chi connectivity index (χ0n) is 9.79. The minimum absolute atomic E-state index is 0.669. The summed E-state index contributed by atoms with van der Waals surface area (Å²) < 4.78 is 46.0. The molecule has 7 nitrogen and oxygen atoms in total. The van der Waals surface area contributed by atoms with Gasteiger partial charge in [0.15, 0.2) is 6.29 Å². The maximum absolute atomic E-state index is 12.1. The number of amides is 1. The fourth-order valence-corrected chi connectivity index (χ4v) is 1.67. The fourth-order valence-electron chi connectivity index (χ4n) is 1.67. The number of hydrogen-bond donors (Lipinski definition) is 4. The molecule has 10 heteroatoms. The minimum Gasteiger partial charge on any atom is -0.394 e. The van der Waals surface area contributed by atoms with E-state index in [0.717, 1.165) is 7.11 Å². The summed E-state index contributed by atoms with van der Waals surface area (Å²) in [5.41, 5.74) is 0. The van der Waals surface area contributed by atoms with E-state index in [9.17, 15) is 28.2 Å². The predicted molar refractivity (Wildman–Crippen MR) is 52.8 cm³/mol. The number of halogens is 3. The second kappa shape index (κ2) is 6.01. The van der Waals surface area contributed by atoms with Gasteiger partial charge in [0.25, 0.3) is 0 Å². The molecule has 1 aliphatic heterocycles. The molecule has 0 radical (unpaired) electrons. The van der Waals surface area contributed by atoms with Crippen LogP contribution in [0.2, 0.25) is 0 Å². The molecule has 5 atom stereocenters. The number of carbonyl (C=O) groups is 1. The average Bonchev–Trinajstić information content (AvgIpc) is 2.34. The van der Waals surface area contributed by atoms with Crippen LogP contribution in [0.4, 0.5) is 13.2 Å². The smallest absolute Gasteiger partial charge is 0.394 e. The molecule has 1 rings (SSSR count). The summed E-state index contributed by atoms with van der Waals surface area (Å²) in [6.07, 6.45) is -11.2. The molecular formula is C9H14F3NO6. The van der Waals surface area contributed by atoms with Gasteiger partial charge in [-0.25, -0.2) is 0 Å². The molecular weight excluding hydrogens is 275 g/mol. The van der Waals surface area contributed by atoms with Gasteiger partial charge in [0.1, 0.15) is 24.4 Å². The molecule has 1 aliphatic rings. The molecule has 0 aromatic heterocycles. The van der Waals surface area contributed by atoms with Crippen LogP contribution in [0.15, 0.2) is 0 Å². The molecule has 0 aliphatic carbocycles. The van der Waals surface area contributed by atoms with Crippen LogP contribution in [0, 0.1) is 0 Å². The van der Waals surface area contributed by atoms with Gasteiger partial charge in [-0.2, -0.15) is 13.2 Å². The van der Waals surface area contributed by atoms with Crippen molar-refractivity contribution in [1.82, 2.24) is 5.32 Å². The molecule has 1 heterocycles. The van der Waals surface area contributed by atoms with Crippen molar-refractivity contribution < 1.29 is 42.8 Å². The third kappa shape index (κ3) is 3.54. The first-order valence-electron chi connectivity index (χ1n) is 5.25. The van der Waals surface area contributed by atoms with Crippen LogP contribution in [-0.2, 0) is 14.3 Å². The van der Waals surface area contributed by atoms with Crippen LogP contribution >= 0.6 is 0 Å². The summed E-state index contributed by atoms with van der Waals surface area (Å²) >= 11 is 0. The fraction of sp³-hybridized carbons (Fsp3) is 0.889. The van der Waals surface area contributed by atoms with Crippen molar-refractivity contribution in [2.45, 2.75) is 36.8 Å². The van der Waals surface area contributed by atoms with E-state index in [1.54, 1.807) is 0 Å². The van der Waals surface area contributed by atoms with E-state index in [1.165, 1.54) is 5.32 Å². The van der Waals surface area contributed by atoms with E-state index < -0.39 is 49.3 Å². The highest BCUT2D eigenvalue weighted by molar-refractivity contribution is 5.82. The predicted octanol–water partition coefficient (Wildman–Crippen LogP) is -1.88. The molecule has 0 saturated carbocycles. The molecule has 19 heavy (non-hydrogen) atoms. The summed E-state index contributed by atoms with van der Waals surface area (Å²) in [6.45, 7) is -0.669. The van der Waals surface area contributed by atoms with E-state index in [4.69, 9.17) is 9.84 Å². The summed E-state index contributed by atoms with van der Waals surface area (Å²) in [5, 5.41) is 29.5. The Morgan fingerprint density at radius 1 is 1.37 bits per heavy atom. The van der Waals surface area contributed by atoms with Gasteiger partial charge >= 0.3 is 12.1 Å². The zero-order chi connectivity index (χ0) is 14.8. The summed E-state index contributed by atoms with van der Waals surface area (Å²) in [4.78, 5) is 10.8. The molecule has 0 bridgehead atoms. The van der Waals surface area contributed by atoms with Crippen LogP contribution in [0.1, 0.15) is 0 Å². The first-order valence-corrected chi connectivity index (χ1v) is 5.25. The largest absolute Gasteiger partial charge is 0.471 e. The zero-order valence-corrected chi connectivity index (χ0v) is 9.79. The van der Waals surface area contributed by atoms with Crippen LogP contribution in [0.5, 0.6) is 0 Å². The van der Waals surface area contributed by atoms with Gasteiger partial charge < -0.3 is 30.1 Å². The van der Waals surface area contributed by atoms with E-state index in [0.29, 0.717) is 0 Å². The molecule has 0 aromatic carbocycles. The highest BCUT2D eigenvalue weighted by atomic mass is 19.4. The van der Waals surface area contributed by atoms with Crippen molar-refractivity contribution in [3.05, 3.63) is 0 Å². The lowest BCUT2D eigenvalue weighted by molar-refractivity contribution is -0.264. The Labute approximate surface area is 105 Å². The van der Waals surface area contributed by atoms with Crippen LogP contribution < -0.4 is 5.32 Å². The van der Waals surface area contributed by atoms with E-state index in [2.05, 4.69) is 4.74 Å². The van der Waals surface area contributed by atoms with Gasteiger partial charge in [0, 0.05) is 7.11 Å². The molecule has 112 valence electrons. The maximum atomic E-state index is 12.1. The van der Waals surface area contributed by atoms with Gasteiger partial charge in [-0.05, 0) is 0 Å². The van der Waals surface area contributed by atoms with Crippen LogP contribution in [-0.4, -0.2) is 71.8 Å². The maximum Gasteiger partial charge on any atom is 0.471 e. The van der Waals surface area contributed by atoms with Gasteiger partial charge in [-0.3, -0.25) is 4.79 Å². The van der Waals surface area contributed by atoms with Gasteiger partial charge in [-0.15, -0.1) is 0 Å². The van der Waals surface area contributed by atoms with Crippen molar-refractivity contribution in [2.75, 3.05) is 13.7 Å². The van der Waals surface area contributed by atoms with E-state index >= 15 is 0 Å². The third-order valence-electron chi connectivity index (χ3n) is 2.67. The minimum atomic E-state index is -5.14. The summed E-state index contributed by atoms with van der Waals surface area (Å²) in [7, 11) is 1.08. The average molecular weight is 289 g/mol. The second-order valence-electron chi connectivity index (χ2n) is 3.94. The molecule has 0 unspecified atom stereocenters. The number of nitrogens with one attached hydrogen (secondary N) is 1. The standard InChI is InChI=1S/C9H14F3NO6/c1-18-7-4(13-8(17)9(10,11)12)6(16)5(15)3(2-14)19-7/h3-7,14-16H,2H2,1H3,(H,13,17)/t3-,4-,5-,6-,7+/m1/s1. The Hall–Kier alpha value is -0.940. The van der Waals surface area contributed by atoms with Crippen molar-refractivity contribution >= 4 is 5.91 Å². The van der Waals surface area contributed by atoms with Gasteiger partial charge in [0.05, 0.1) is 6.61 Å². The molecule has 4 N–H and O–H groups in total. The number of aliphatic hydroxyl groups is 3. The normalized spacial score (nSPS) is 36.1. The monoisotopic (exact) mass is 289 g/mol. The quantitative estimate of drug-likeness (QED) is 0.484. The molecule has 0 aromatic rings. The molecule has 1 fully saturated rings. The lowest BCUT2D eigenvalue weighted by Gasteiger charge is -2.41. The topological polar surface area (TPSA) is 108 Å². The van der Waals surface area contributed by atoms with Crippen molar-refractivity contribution in [3.8, 4) is 0 Å². The lowest BCUT2D eigenvalue weighted by Crippen LogP contribution is -2.65. The van der Waals surface area contributed by atoms with Crippen LogP contribution in [0.3, 0.4) is 0 Å². The number of alkyl halides is 3. The van der Waals surface area contributed by atoms with Gasteiger partial charge in [-0.1, -0.05) is 0 Å². The Kier molecular flexibility index (Phi) is 5.10. The Morgan fingerprint density at radius 3 is 2.37 bits per heavy atom. The number of rotatable bonds is 3. The van der Waals surface area contributed by atoms with E-state index in [1.807, 2.05) is 0 Å². The Balaban J connectivity index is 2.82. The SMILES string of the molecule is CO[C@H]1O[C@H](CO)[C@@H](O)[C@H](O)[C@H]1NC(=O)C(F)(F)F. The lowest BCUT2D eigenvalue weighted by atomic mass is 9.97. The van der Waals surface area contributed by atoms with Crippen molar-refractivity contribution in [3.63, 3.8) is 0 Å². The first kappa shape index (κ1) is 16.1. The van der Waals surface area contributed by atoms with Crippen molar-refractivity contribution in [1.29, 1.82) is 0 Å². The summed E-state index contributed by atoms with van der Waals surface area (Å²) in [5.74, 6) is -2.29. The number of carbonyl (C=O) groups excluding carboxylic acids is 1. The molecule has 1 amide bonds. The van der Waals surface area contributed by atoms with Gasteiger partial charge in [0.2, 0.25) is 0 Å². The molecule has 1 saturated heterocycles. The number of hydrogen-bond acceptors (Lipinski definition) is 6. The highest BCUT2D eigenvalue weighted by Gasteiger charge is 2.48. The first-order chi connectivity index (χ1) is 8.72. The second-order valence-corrected chi connectivity index (χ2v) is 3.94.